The average molecular weight is 378 g/mol. The molecule has 4 aromatic rings. The van der Waals surface area contributed by atoms with E-state index in [9.17, 15) is 9.90 Å². The highest BCUT2D eigenvalue weighted by Gasteiger charge is 2.17. The van der Waals surface area contributed by atoms with Crippen LogP contribution in [0.3, 0.4) is 0 Å². The Hall–Kier alpha value is -3.46. The number of nitrogens with zero attached hydrogens (tertiary/aromatic N) is 5. The van der Waals surface area contributed by atoms with Gasteiger partial charge in [-0.05, 0) is 30.5 Å². The summed E-state index contributed by atoms with van der Waals surface area (Å²) >= 11 is 1.33. The van der Waals surface area contributed by atoms with Crippen LogP contribution in [-0.2, 0) is 0 Å². The predicted molar refractivity (Wildman–Crippen MR) is 103 cm³/mol. The van der Waals surface area contributed by atoms with Crippen molar-refractivity contribution >= 4 is 40.3 Å². The fourth-order valence-electron chi connectivity index (χ4n) is 2.66. The van der Waals surface area contributed by atoms with Crippen LogP contribution in [0.4, 0.5) is 11.6 Å². The van der Waals surface area contributed by atoms with E-state index in [0.29, 0.717) is 11.0 Å². The fraction of sp³-hybridized carbons (Fsp3) is 0.0556. The molecule has 0 fully saturated rings. The lowest BCUT2D eigenvalue weighted by molar-refractivity contribution is 0.0697. The van der Waals surface area contributed by atoms with Crippen molar-refractivity contribution in [2.45, 2.75) is 5.16 Å². The van der Waals surface area contributed by atoms with Gasteiger partial charge in [0.25, 0.3) is 0 Å². The Morgan fingerprint density at radius 1 is 1.15 bits per heavy atom. The molecule has 2 N–H and O–H groups in total. The molecule has 0 radical (unpaired) electrons. The van der Waals surface area contributed by atoms with Gasteiger partial charge in [0.2, 0.25) is 0 Å². The van der Waals surface area contributed by atoms with Gasteiger partial charge >= 0.3 is 5.97 Å². The predicted octanol–water partition coefficient (Wildman–Crippen LogP) is 3.37. The monoisotopic (exact) mass is 378 g/mol. The van der Waals surface area contributed by atoms with Gasteiger partial charge in [-0.25, -0.2) is 19.4 Å². The van der Waals surface area contributed by atoms with E-state index >= 15 is 0 Å². The summed E-state index contributed by atoms with van der Waals surface area (Å²) in [6.07, 6.45) is 6.52. The van der Waals surface area contributed by atoms with Gasteiger partial charge < -0.3 is 10.4 Å². The van der Waals surface area contributed by atoms with E-state index in [1.165, 1.54) is 18.0 Å². The van der Waals surface area contributed by atoms with Gasteiger partial charge in [-0.1, -0.05) is 23.9 Å². The van der Waals surface area contributed by atoms with Crippen molar-refractivity contribution in [3.63, 3.8) is 0 Å². The minimum atomic E-state index is -1.11. The van der Waals surface area contributed by atoms with Gasteiger partial charge in [-0.15, -0.1) is 5.10 Å². The Morgan fingerprint density at radius 2 is 2.00 bits per heavy atom. The van der Waals surface area contributed by atoms with Gasteiger partial charge in [0.15, 0.2) is 16.8 Å². The van der Waals surface area contributed by atoms with Crippen molar-refractivity contribution < 1.29 is 9.90 Å². The molecule has 8 nitrogen and oxygen atoms in total. The van der Waals surface area contributed by atoms with Crippen molar-refractivity contribution in [1.82, 2.24) is 24.7 Å². The molecule has 4 rings (SSSR count). The van der Waals surface area contributed by atoms with E-state index < -0.39 is 5.97 Å². The highest BCUT2D eigenvalue weighted by molar-refractivity contribution is 7.98. The van der Waals surface area contributed by atoms with Gasteiger partial charge in [0.05, 0.1) is 17.4 Å². The molecule has 0 aliphatic rings. The van der Waals surface area contributed by atoms with Crippen LogP contribution in [-0.4, -0.2) is 42.1 Å². The topological polar surface area (TPSA) is 106 Å². The smallest absolute Gasteiger partial charge is 0.341 e. The lowest BCUT2D eigenvalue weighted by Crippen LogP contribution is -2.07. The van der Waals surface area contributed by atoms with E-state index in [1.807, 2.05) is 42.7 Å². The molecule has 0 aliphatic heterocycles. The van der Waals surface area contributed by atoms with Crippen LogP contribution >= 0.6 is 11.8 Å². The van der Waals surface area contributed by atoms with Crippen LogP contribution < -0.4 is 5.32 Å². The third-order valence-corrected chi connectivity index (χ3v) is 4.46. The maximum atomic E-state index is 11.5. The van der Waals surface area contributed by atoms with Crippen LogP contribution in [0.1, 0.15) is 10.4 Å². The standard InChI is InChI=1S/C18H14N6O2S/c1-27-18-20-10-13(17(25)26)15(22-18)21-16-12-6-2-3-7-14(12)24(23-16)11-5-4-8-19-9-11/h2-10H,1H3,(H,25,26)(H,20,21,22,23). The van der Waals surface area contributed by atoms with Gasteiger partial charge in [0.1, 0.15) is 5.56 Å². The second kappa shape index (κ2) is 7.04. The lowest BCUT2D eigenvalue weighted by Gasteiger charge is -2.07. The van der Waals surface area contributed by atoms with E-state index in [-0.39, 0.29) is 11.4 Å². The number of carbonyl (C=O) groups is 1. The minimum Gasteiger partial charge on any atom is -0.477 e. The molecule has 0 amide bonds. The van der Waals surface area contributed by atoms with Crippen molar-refractivity contribution in [3.8, 4) is 5.69 Å². The summed E-state index contributed by atoms with van der Waals surface area (Å²) in [5.41, 5.74) is 1.64. The van der Waals surface area contributed by atoms with E-state index in [4.69, 9.17) is 0 Å². The number of rotatable bonds is 5. The molecule has 1 aromatic carbocycles. The number of para-hydroxylation sites is 1. The quantitative estimate of drug-likeness (QED) is 0.402. The Kier molecular flexibility index (Phi) is 4.43. The zero-order valence-electron chi connectivity index (χ0n) is 14.2. The number of carboxylic acid groups (broad SMARTS) is 1. The molecule has 0 bridgehead atoms. The number of aromatic nitrogens is 5. The van der Waals surface area contributed by atoms with Crippen molar-refractivity contribution in [3.05, 3.63) is 60.6 Å². The normalized spacial score (nSPS) is 10.9. The third kappa shape index (κ3) is 3.20. The first kappa shape index (κ1) is 17.0. The number of nitrogens with one attached hydrogen (secondary N) is 1. The summed E-state index contributed by atoms with van der Waals surface area (Å²) in [6, 6.07) is 11.4. The van der Waals surface area contributed by atoms with Gasteiger partial charge in [-0.3, -0.25) is 4.98 Å². The fourth-order valence-corrected chi connectivity index (χ4v) is 3.00. The Labute approximate surface area is 158 Å². The number of anilines is 2. The number of aromatic carboxylic acids is 1. The summed E-state index contributed by atoms with van der Waals surface area (Å²) in [5, 5.41) is 18.4. The zero-order chi connectivity index (χ0) is 18.8. The zero-order valence-corrected chi connectivity index (χ0v) is 15.0. The Balaban J connectivity index is 1.86. The first-order valence-electron chi connectivity index (χ1n) is 7.97. The van der Waals surface area contributed by atoms with Gasteiger partial charge in [-0.2, -0.15) is 0 Å². The Bertz CT molecular complexity index is 1130. The van der Waals surface area contributed by atoms with Crippen molar-refractivity contribution in [2.24, 2.45) is 0 Å². The summed E-state index contributed by atoms with van der Waals surface area (Å²) in [5.74, 6) is -0.410. The van der Waals surface area contributed by atoms with E-state index in [1.54, 1.807) is 17.1 Å². The molecular formula is C18H14N6O2S. The molecular weight excluding hydrogens is 364 g/mol. The number of benzene rings is 1. The van der Waals surface area contributed by atoms with E-state index in [0.717, 1.165) is 16.6 Å². The maximum Gasteiger partial charge on any atom is 0.341 e. The first-order valence-corrected chi connectivity index (χ1v) is 9.19. The molecule has 134 valence electrons. The second-order valence-corrected chi connectivity index (χ2v) is 6.31. The number of thioether (sulfide) groups is 1. The van der Waals surface area contributed by atoms with Crippen LogP contribution in [0.2, 0.25) is 0 Å². The molecule has 27 heavy (non-hydrogen) atoms. The highest BCUT2D eigenvalue weighted by Crippen LogP contribution is 2.29. The van der Waals surface area contributed by atoms with Crippen LogP contribution in [0.25, 0.3) is 16.6 Å². The first-order chi connectivity index (χ1) is 13.2. The molecule has 0 aliphatic carbocycles. The summed E-state index contributed by atoms with van der Waals surface area (Å²) in [4.78, 5) is 24.0. The maximum absolute atomic E-state index is 11.5. The third-order valence-electron chi connectivity index (χ3n) is 3.89. The van der Waals surface area contributed by atoms with Crippen LogP contribution in [0.15, 0.2) is 60.1 Å². The SMILES string of the molecule is CSc1ncc(C(=O)O)c(Nc2nn(-c3cccnc3)c3ccccc23)n1. The molecule has 0 unspecified atom stereocenters. The number of pyridine rings is 1. The average Bonchev–Trinajstić information content (AvgIpc) is 3.07. The number of carboxylic acids is 1. The molecule has 3 aromatic heterocycles. The minimum absolute atomic E-state index is 0.0205. The van der Waals surface area contributed by atoms with Gasteiger partial charge in [0, 0.05) is 17.8 Å². The molecule has 3 heterocycles. The van der Waals surface area contributed by atoms with Crippen molar-refractivity contribution in [1.29, 1.82) is 0 Å². The largest absolute Gasteiger partial charge is 0.477 e. The molecule has 9 heteroatoms. The summed E-state index contributed by atoms with van der Waals surface area (Å²) < 4.78 is 1.75. The second-order valence-electron chi connectivity index (χ2n) is 5.54. The van der Waals surface area contributed by atoms with E-state index in [2.05, 4.69) is 25.4 Å². The lowest BCUT2D eigenvalue weighted by atomic mass is 10.2. The summed E-state index contributed by atoms with van der Waals surface area (Å²) in [6.45, 7) is 0. The molecule has 0 saturated heterocycles. The summed E-state index contributed by atoms with van der Waals surface area (Å²) in [7, 11) is 0. The van der Waals surface area contributed by atoms with Crippen LogP contribution in [0, 0.1) is 0 Å². The van der Waals surface area contributed by atoms with Crippen LogP contribution in [0.5, 0.6) is 0 Å². The molecule has 0 atom stereocenters. The van der Waals surface area contributed by atoms with Crippen molar-refractivity contribution in [2.75, 3.05) is 11.6 Å². The highest BCUT2D eigenvalue weighted by atomic mass is 32.2. The Morgan fingerprint density at radius 3 is 2.74 bits per heavy atom. The molecule has 0 saturated carbocycles. The number of hydrogen-bond acceptors (Lipinski definition) is 7. The number of fused-ring (bicyclic) bond motifs is 1. The molecule has 0 spiro atoms. The number of hydrogen-bond donors (Lipinski definition) is 2.